The van der Waals surface area contributed by atoms with Gasteiger partial charge in [-0.2, -0.15) is 0 Å². The molecule has 10 heteroatoms. The minimum absolute atomic E-state index is 0.115. The highest BCUT2D eigenvalue weighted by Crippen LogP contribution is 2.30. The van der Waals surface area contributed by atoms with Crippen molar-refractivity contribution in [1.29, 1.82) is 0 Å². The highest BCUT2D eigenvalue weighted by atomic mass is 32.2. The van der Waals surface area contributed by atoms with Gasteiger partial charge >= 0.3 is 0 Å². The number of nitrogens with zero attached hydrogens (tertiary/aromatic N) is 3. The molecule has 0 aliphatic carbocycles. The third-order valence-electron chi connectivity index (χ3n) is 5.39. The number of hydrogen-bond acceptors (Lipinski definition) is 6. The number of nitrogens with one attached hydrogen (secondary N) is 1. The molecule has 4 rings (SSSR count). The van der Waals surface area contributed by atoms with Crippen LogP contribution in [-0.4, -0.2) is 61.5 Å². The highest BCUT2D eigenvalue weighted by Gasteiger charge is 2.22. The van der Waals surface area contributed by atoms with Crippen LogP contribution >= 0.6 is 0 Å². The van der Waals surface area contributed by atoms with Crippen LogP contribution in [-0.2, 0) is 28.3 Å². The van der Waals surface area contributed by atoms with Gasteiger partial charge in [0.1, 0.15) is 18.5 Å². The van der Waals surface area contributed by atoms with E-state index in [2.05, 4.69) is 10.3 Å². The number of hydrogen-bond donors (Lipinski definition) is 1. The van der Waals surface area contributed by atoms with E-state index in [9.17, 15) is 13.2 Å². The molecule has 1 aliphatic rings. The molecular weight excluding hydrogens is 432 g/mol. The number of para-hydroxylation sites is 2. The Morgan fingerprint density at radius 3 is 2.72 bits per heavy atom. The first-order chi connectivity index (χ1) is 15.3. The maximum Gasteiger partial charge on any atom is 0.242 e. The van der Waals surface area contributed by atoms with Crippen molar-refractivity contribution in [3.8, 4) is 11.5 Å². The van der Waals surface area contributed by atoms with Crippen LogP contribution in [0.2, 0.25) is 0 Å². The van der Waals surface area contributed by atoms with Gasteiger partial charge in [0, 0.05) is 34.0 Å². The molecule has 1 aliphatic heterocycles. The minimum Gasteiger partial charge on any atom is -0.486 e. The van der Waals surface area contributed by atoms with Gasteiger partial charge in [0.15, 0.2) is 11.5 Å². The van der Waals surface area contributed by atoms with Crippen molar-refractivity contribution in [2.24, 2.45) is 7.05 Å². The molecule has 170 valence electrons. The number of imidazole rings is 1. The van der Waals surface area contributed by atoms with Gasteiger partial charge in [-0.3, -0.25) is 4.79 Å². The van der Waals surface area contributed by atoms with Crippen molar-refractivity contribution >= 4 is 27.0 Å². The lowest BCUT2D eigenvalue weighted by molar-refractivity contribution is -0.121. The van der Waals surface area contributed by atoms with Crippen molar-refractivity contribution in [3.63, 3.8) is 0 Å². The molecule has 1 aromatic heterocycles. The molecule has 1 amide bonds. The monoisotopic (exact) mass is 458 g/mol. The number of carbonyl (C=O) groups excluding carboxylic acids is 1. The van der Waals surface area contributed by atoms with Gasteiger partial charge in [-0.25, -0.2) is 17.7 Å². The summed E-state index contributed by atoms with van der Waals surface area (Å²) in [5, 5.41) is 2.88. The van der Waals surface area contributed by atoms with Crippen LogP contribution in [0.1, 0.15) is 12.2 Å². The fourth-order valence-electron chi connectivity index (χ4n) is 3.53. The Hall–Kier alpha value is -3.11. The van der Waals surface area contributed by atoms with Crippen LogP contribution in [0.15, 0.2) is 47.4 Å². The first-order valence-corrected chi connectivity index (χ1v) is 11.7. The highest BCUT2D eigenvalue weighted by molar-refractivity contribution is 7.89. The second kappa shape index (κ2) is 8.79. The molecule has 2 aromatic carbocycles. The van der Waals surface area contributed by atoms with Crippen molar-refractivity contribution in [1.82, 2.24) is 19.2 Å². The Morgan fingerprint density at radius 2 is 1.97 bits per heavy atom. The van der Waals surface area contributed by atoms with E-state index in [1.165, 1.54) is 18.4 Å². The molecule has 1 N–H and O–H groups in total. The lowest BCUT2D eigenvalue weighted by Crippen LogP contribution is -2.40. The first kappa shape index (κ1) is 22.1. The summed E-state index contributed by atoms with van der Waals surface area (Å²) in [7, 11) is 1.30. The van der Waals surface area contributed by atoms with Gasteiger partial charge in [0.2, 0.25) is 15.9 Å². The summed E-state index contributed by atoms with van der Waals surface area (Å²) in [4.78, 5) is 17.1. The molecule has 0 saturated carbocycles. The van der Waals surface area contributed by atoms with Crippen LogP contribution in [0.3, 0.4) is 0 Å². The van der Waals surface area contributed by atoms with Gasteiger partial charge in [-0.05, 0) is 30.3 Å². The quantitative estimate of drug-likeness (QED) is 0.578. The van der Waals surface area contributed by atoms with Crippen LogP contribution in [0.4, 0.5) is 0 Å². The molecule has 0 radical (unpaired) electrons. The van der Waals surface area contributed by atoms with Crippen LogP contribution < -0.4 is 14.8 Å². The molecule has 0 bridgehead atoms. The van der Waals surface area contributed by atoms with Gasteiger partial charge in [-0.1, -0.05) is 12.1 Å². The smallest absolute Gasteiger partial charge is 0.242 e. The second-order valence-corrected chi connectivity index (χ2v) is 9.98. The Bertz CT molecular complexity index is 1250. The van der Waals surface area contributed by atoms with E-state index >= 15 is 0 Å². The predicted molar refractivity (Wildman–Crippen MR) is 119 cm³/mol. The molecule has 0 fully saturated rings. The zero-order chi connectivity index (χ0) is 22.9. The van der Waals surface area contributed by atoms with Gasteiger partial charge in [0.05, 0.1) is 22.5 Å². The topological polar surface area (TPSA) is 103 Å². The van der Waals surface area contributed by atoms with Gasteiger partial charge < -0.3 is 19.4 Å². The Labute approximate surface area is 187 Å². The van der Waals surface area contributed by atoms with E-state index in [1.807, 2.05) is 35.9 Å². The number of benzene rings is 2. The first-order valence-electron chi connectivity index (χ1n) is 10.3. The molecule has 2 heterocycles. The number of aromatic nitrogens is 2. The third kappa shape index (κ3) is 4.42. The van der Waals surface area contributed by atoms with Crippen LogP contribution in [0, 0.1) is 0 Å². The SMILES string of the molecule is CN(C)S(=O)(=O)c1ccc2c(c1)nc(CCC(=O)NCC1COc3ccccc3O1)n2C. The minimum atomic E-state index is -3.54. The Kier molecular flexibility index (Phi) is 6.07. The molecule has 9 nitrogen and oxygen atoms in total. The zero-order valence-electron chi connectivity index (χ0n) is 18.2. The number of carbonyl (C=O) groups is 1. The van der Waals surface area contributed by atoms with E-state index in [1.54, 1.807) is 18.2 Å². The summed E-state index contributed by atoms with van der Waals surface area (Å²) in [6, 6.07) is 12.3. The van der Waals surface area contributed by atoms with Crippen LogP contribution in [0.5, 0.6) is 11.5 Å². The van der Waals surface area contributed by atoms with Crippen molar-refractivity contribution < 1.29 is 22.7 Å². The summed E-state index contributed by atoms with van der Waals surface area (Å²) in [6.45, 7) is 0.724. The molecule has 1 unspecified atom stereocenters. The number of sulfonamides is 1. The summed E-state index contributed by atoms with van der Waals surface area (Å²) < 4.78 is 39.3. The van der Waals surface area contributed by atoms with E-state index in [-0.39, 0.29) is 23.3 Å². The summed E-state index contributed by atoms with van der Waals surface area (Å²) in [5.41, 5.74) is 1.39. The van der Waals surface area contributed by atoms with Gasteiger partial charge in [0.25, 0.3) is 0 Å². The maximum atomic E-state index is 12.4. The van der Waals surface area contributed by atoms with E-state index in [0.717, 1.165) is 5.52 Å². The molecule has 1 atom stereocenters. The average molecular weight is 459 g/mol. The maximum absolute atomic E-state index is 12.4. The lowest BCUT2D eigenvalue weighted by Gasteiger charge is -2.26. The standard InChI is InChI=1S/C22H26N4O5S/c1-25(2)32(28,29)16-8-9-18-17(12-16)24-21(26(18)3)10-11-22(27)23-13-15-14-30-19-6-4-5-7-20(19)31-15/h4-9,12,15H,10-11,13-14H2,1-3H3,(H,23,27). The van der Waals surface area contributed by atoms with Crippen molar-refractivity contribution in [2.45, 2.75) is 23.8 Å². The van der Waals surface area contributed by atoms with Crippen molar-refractivity contribution in [2.75, 3.05) is 27.2 Å². The Balaban J connectivity index is 1.35. The van der Waals surface area contributed by atoms with E-state index in [0.29, 0.717) is 42.4 Å². The van der Waals surface area contributed by atoms with E-state index in [4.69, 9.17) is 9.47 Å². The second-order valence-electron chi connectivity index (χ2n) is 7.83. The largest absolute Gasteiger partial charge is 0.486 e. The zero-order valence-corrected chi connectivity index (χ0v) is 19.1. The summed E-state index contributed by atoms with van der Waals surface area (Å²) in [6.07, 6.45) is 0.434. The summed E-state index contributed by atoms with van der Waals surface area (Å²) in [5.74, 6) is 1.97. The lowest BCUT2D eigenvalue weighted by atomic mass is 10.2. The molecule has 3 aromatic rings. The number of aryl methyl sites for hydroxylation is 2. The molecule has 0 saturated heterocycles. The molecule has 32 heavy (non-hydrogen) atoms. The number of fused-ring (bicyclic) bond motifs is 2. The van der Waals surface area contributed by atoms with E-state index < -0.39 is 10.0 Å². The van der Waals surface area contributed by atoms with Crippen LogP contribution in [0.25, 0.3) is 11.0 Å². The molecular formula is C22H26N4O5S. The number of rotatable bonds is 7. The number of ether oxygens (including phenoxy) is 2. The predicted octanol–water partition coefficient (Wildman–Crippen LogP) is 1.71. The molecule has 0 spiro atoms. The third-order valence-corrected chi connectivity index (χ3v) is 7.20. The average Bonchev–Trinajstić information content (AvgIpc) is 3.10. The Morgan fingerprint density at radius 1 is 1.22 bits per heavy atom. The fourth-order valence-corrected chi connectivity index (χ4v) is 4.45. The number of amides is 1. The fraction of sp³-hybridized carbons (Fsp3) is 0.364. The normalized spacial score (nSPS) is 15.8. The van der Waals surface area contributed by atoms with Crippen molar-refractivity contribution in [3.05, 3.63) is 48.3 Å². The van der Waals surface area contributed by atoms with Gasteiger partial charge in [-0.15, -0.1) is 0 Å². The summed E-state index contributed by atoms with van der Waals surface area (Å²) >= 11 is 0.